The monoisotopic (exact) mass is 461 g/mol. The molecule has 0 aliphatic heterocycles. The van der Waals surface area contributed by atoms with Crippen molar-refractivity contribution in [2.75, 3.05) is 13.7 Å². The van der Waals surface area contributed by atoms with E-state index in [1.165, 1.54) is 5.56 Å². The molecular weight excluding hydrogens is 418 g/mol. The second kappa shape index (κ2) is 12.5. The Hall–Kier alpha value is -1.96. The first kappa shape index (κ1) is 27.3. The number of hydrogen-bond donors (Lipinski definition) is 4. The SMILES string of the molecule is COCCCc1n[nH]c2ccc(C(C)[C@@H](C[C@H](N)[C@@H](O)C[C@H](C(=O)O)C(C)C)C(C)C)cc12. The number of fused-ring (bicyclic) bond motifs is 1. The number of H-pyrrole nitrogens is 1. The third kappa shape index (κ3) is 7.26. The number of methoxy groups -OCH3 is 1. The van der Waals surface area contributed by atoms with E-state index in [1.807, 2.05) is 13.8 Å². The molecule has 0 aliphatic carbocycles. The number of carboxylic acid groups (broad SMARTS) is 1. The van der Waals surface area contributed by atoms with E-state index in [0.717, 1.165) is 29.4 Å². The van der Waals surface area contributed by atoms with Gasteiger partial charge in [-0.1, -0.05) is 40.7 Å². The lowest BCUT2D eigenvalue weighted by Crippen LogP contribution is -2.41. The van der Waals surface area contributed by atoms with Crippen molar-refractivity contribution in [1.82, 2.24) is 10.2 Å². The molecule has 7 heteroatoms. The number of nitrogens with zero attached hydrogens (tertiary/aromatic N) is 1. The summed E-state index contributed by atoms with van der Waals surface area (Å²) in [5.74, 6) is -0.683. The summed E-state index contributed by atoms with van der Waals surface area (Å²) < 4.78 is 5.18. The van der Waals surface area contributed by atoms with E-state index in [0.29, 0.717) is 18.9 Å². The first-order valence-electron chi connectivity index (χ1n) is 12.2. The smallest absolute Gasteiger partial charge is 0.306 e. The lowest BCUT2D eigenvalue weighted by Gasteiger charge is -2.33. The van der Waals surface area contributed by atoms with Crippen molar-refractivity contribution in [2.24, 2.45) is 29.4 Å². The Labute approximate surface area is 198 Å². The zero-order valence-corrected chi connectivity index (χ0v) is 21.0. The number of carbonyl (C=O) groups is 1. The van der Waals surface area contributed by atoms with Crippen LogP contribution in [0.3, 0.4) is 0 Å². The molecule has 0 fully saturated rings. The quantitative estimate of drug-likeness (QED) is 0.310. The number of aliphatic carboxylic acids is 1. The zero-order valence-electron chi connectivity index (χ0n) is 21.0. The van der Waals surface area contributed by atoms with Gasteiger partial charge in [0.1, 0.15) is 0 Å². The topological polar surface area (TPSA) is 121 Å². The van der Waals surface area contributed by atoms with Crippen LogP contribution >= 0.6 is 0 Å². The van der Waals surface area contributed by atoms with Crippen molar-refractivity contribution in [3.8, 4) is 0 Å². The van der Waals surface area contributed by atoms with Crippen LogP contribution < -0.4 is 5.73 Å². The minimum absolute atomic E-state index is 0.0519. The molecule has 0 saturated carbocycles. The van der Waals surface area contributed by atoms with Gasteiger partial charge in [-0.25, -0.2) is 0 Å². The number of aromatic nitrogens is 2. The molecule has 0 spiro atoms. The van der Waals surface area contributed by atoms with Crippen molar-refractivity contribution in [2.45, 2.75) is 78.4 Å². The lowest BCUT2D eigenvalue weighted by molar-refractivity contribution is -0.144. The largest absolute Gasteiger partial charge is 0.481 e. The summed E-state index contributed by atoms with van der Waals surface area (Å²) in [7, 11) is 1.71. The van der Waals surface area contributed by atoms with Crippen molar-refractivity contribution >= 4 is 16.9 Å². The average molecular weight is 462 g/mol. The van der Waals surface area contributed by atoms with Crippen LogP contribution in [0.25, 0.3) is 10.9 Å². The molecule has 33 heavy (non-hydrogen) atoms. The highest BCUT2D eigenvalue weighted by molar-refractivity contribution is 5.82. The van der Waals surface area contributed by atoms with Gasteiger partial charge in [-0.15, -0.1) is 0 Å². The molecule has 1 aromatic heterocycles. The van der Waals surface area contributed by atoms with Gasteiger partial charge in [0, 0.05) is 25.1 Å². The van der Waals surface area contributed by atoms with E-state index in [1.54, 1.807) is 7.11 Å². The summed E-state index contributed by atoms with van der Waals surface area (Å²) in [6.07, 6.45) is 1.75. The summed E-state index contributed by atoms with van der Waals surface area (Å²) in [5, 5.41) is 28.9. The van der Waals surface area contributed by atoms with Gasteiger partial charge >= 0.3 is 5.97 Å². The molecule has 5 N–H and O–H groups in total. The fraction of sp³-hybridized carbons (Fsp3) is 0.692. The van der Waals surface area contributed by atoms with Crippen molar-refractivity contribution < 1.29 is 19.7 Å². The molecule has 0 bridgehead atoms. The van der Waals surface area contributed by atoms with Gasteiger partial charge in [0.05, 0.1) is 23.2 Å². The average Bonchev–Trinajstić information content (AvgIpc) is 3.16. The lowest BCUT2D eigenvalue weighted by atomic mass is 9.75. The Balaban J connectivity index is 2.17. The number of benzene rings is 1. The van der Waals surface area contributed by atoms with Gasteiger partial charge in [-0.2, -0.15) is 5.10 Å². The summed E-state index contributed by atoms with van der Waals surface area (Å²) in [6, 6.07) is 5.98. The highest BCUT2D eigenvalue weighted by Gasteiger charge is 2.31. The van der Waals surface area contributed by atoms with E-state index in [-0.39, 0.29) is 24.2 Å². The molecule has 0 amide bonds. The van der Waals surface area contributed by atoms with Crippen molar-refractivity contribution in [3.05, 3.63) is 29.5 Å². The number of hydrogen-bond acceptors (Lipinski definition) is 5. The highest BCUT2D eigenvalue weighted by atomic mass is 16.5. The normalized spacial score (nSPS) is 16.8. The second-order valence-electron chi connectivity index (χ2n) is 10.2. The van der Waals surface area contributed by atoms with Gasteiger partial charge < -0.3 is 20.7 Å². The number of aliphatic hydroxyl groups excluding tert-OH is 1. The zero-order chi connectivity index (χ0) is 24.7. The fourth-order valence-corrected chi connectivity index (χ4v) is 4.81. The first-order valence-corrected chi connectivity index (χ1v) is 12.2. The maximum Gasteiger partial charge on any atom is 0.306 e. The van der Waals surface area contributed by atoms with Gasteiger partial charge in [-0.05, 0) is 67.1 Å². The Morgan fingerprint density at radius 1 is 1.15 bits per heavy atom. The van der Waals surface area contributed by atoms with Crippen LogP contribution in [0.4, 0.5) is 0 Å². The van der Waals surface area contributed by atoms with Crippen LogP contribution in [0.15, 0.2) is 18.2 Å². The Morgan fingerprint density at radius 3 is 2.42 bits per heavy atom. The number of ether oxygens (including phenoxy) is 1. The van der Waals surface area contributed by atoms with Gasteiger partial charge in [-0.3, -0.25) is 9.89 Å². The molecule has 2 rings (SSSR count). The fourth-order valence-electron chi connectivity index (χ4n) is 4.81. The predicted molar refractivity (Wildman–Crippen MR) is 132 cm³/mol. The van der Waals surface area contributed by atoms with E-state index in [2.05, 4.69) is 49.2 Å². The molecule has 1 unspecified atom stereocenters. The van der Waals surface area contributed by atoms with Gasteiger partial charge in [0.25, 0.3) is 0 Å². The van der Waals surface area contributed by atoms with Gasteiger partial charge in [0.2, 0.25) is 0 Å². The molecular formula is C26H43N3O4. The van der Waals surface area contributed by atoms with Crippen molar-refractivity contribution in [1.29, 1.82) is 0 Å². The second-order valence-corrected chi connectivity index (χ2v) is 10.2. The van der Waals surface area contributed by atoms with E-state index in [9.17, 15) is 15.0 Å². The standard InChI is InChI=1S/C26H43N3O4/c1-15(2)19(13-22(27)25(30)14-20(16(3)4)26(31)32)17(5)18-9-10-24-21(12-18)23(28-29-24)8-7-11-33-6/h9-10,12,15-17,19-20,22,25,30H,7-8,11,13-14,27H2,1-6H3,(H,28,29)(H,31,32)/t17?,19-,20-,22-,25-/m0/s1. The van der Waals surface area contributed by atoms with Crippen LogP contribution in [0.2, 0.25) is 0 Å². The van der Waals surface area contributed by atoms with E-state index < -0.39 is 24.0 Å². The summed E-state index contributed by atoms with van der Waals surface area (Å²) in [5.41, 5.74) is 9.72. The highest BCUT2D eigenvalue weighted by Crippen LogP contribution is 2.36. The number of nitrogens with two attached hydrogens (primary N) is 1. The molecule has 0 radical (unpaired) electrons. The van der Waals surface area contributed by atoms with Crippen LogP contribution in [0.5, 0.6) is 0 Å². The summed E-state index contributed by atoms with van der Waals surface area (Å²) >= 11 is 0. The van der Waals surface area contributed by atoms with Crippen LogP contribution in [-0.4, -0.2) is 52.2 Å². The van der Waals surface area contributed by atoms with Crippen LogP contribution in [0, 0.1) is 23.7 Å². The third-order valence-corrected chi connectivity index (χ3v) is 7.11. The maximum absolute atomic E-state index is 11.6. The minimum atomic E-state index is -0.875. The van der Waals surface area contributed by atoms with Crippen LogP contribution in [-0.2, 0) is 16.0 Å². The molecule has 186 valence electrons. The molecule has 0 aliphatic rings. The summed E-state index contributed by atoms with van der Waals surface area (Å²) in [6.45, 7) is 11.0. The summed E-state index contributed by atoms with van der Waals surface area (Å²) in [4.78, 5) is 11.6. The molecule has 5 atom stereocenters. The molecule has 7 nitrogen and oxygen atoms in total. The predicted octanol–water partition coefficient (Wildman–Crippen LogP) is 4.34. The first-order chi connectivity index (χ1) is 15.6. The Morgan fingerprint density at radius 2 is 1.85 bits per heavy atom. The Kier molecular flexibility index (Phi) is 10.3. The van der Waals surface area contributed by atoms with E-state index >= 15 is 0 Å². The number of nitrogens with one attached hydrogen (secondary N) is 1. The van der Waals surface area contributed by atoms with Crippen LogP contribution in [0.1, 0.15) is 71.1 Å². The Bertz CT molecular complexity index is 880. The molecule has 2 aromatic rings. The molecule has 1 aromatic carbocycles. The van der Waals surface area contributed by atoms with Gasteiger partial charge in [0.15, 0.2) is 0 Å². The maximum atomic E-state index is 11.6. The number of aromatic amines is 1. The van der Waals surface area contributed by atoms with Crippen molar-refractivity contribution in [3.63, 3.8) is 0 Å². The number of carboxylic acids is 1. The number of rotatable bonds is 14. The molecule has 1 heterocycles. The molecule has 0 saturated heterocycles. The minimum Gasteiger partial charge on any atom is -0.481 e. The number of aliphatic hydroxyl groups is 1. The van der Waals surface area contributed by atoms with E-state index in [4.69, 9.17) is 10.5 Å². The number of aryl methyl sites for hydroxylation is 1. The third-order valence-electron chi connectivity index (χ3n) is 7.11.